The van der Waals surface area contributed by atoms with Crippen LogP contribution in [0, 0.1) is 0 Å². The van der Waals surface area contributed by atoms with E-state index in [0.29, 0.717) is 45.8 Å². The van der Waals surface area contributed by atoms with Crippen molar-refractivity contribution >= 4 is 58.1 Å². The summed E-state index contributed by atoms with van der Waals surface area (Å²) in [6.45, 7) is 0. The van der Waals surface area contributed by atoms with Gasteiger partial charge in [-0.15, -0.1) is 0 Å². The maximum atomic E-state index is 13.1. The third-order valence-electron chi connectivity index (χ3n) is 7.40. The number of fused-ring (bicyclic) bond motifs is 2. The van der Waals surface area contributed by atoms with Gasteiger partial charge in [-0.2, -0.15) is 15.0 Å². The molecule has 2 aliphatic carbocycles. The van der Waals surface area contributed by atoms with Crippen LogP contribution in [0.3, 0.4) is 0 Å². The first-order valence-electron chi connectivity index (χ1n) is 14.5. The lowest BCUT2D eigenvalue weighted by Crippen LogP contribution is -2.25. The molecule has 1 heterocycles. The van der Waals surface area contributed by atoms with Crippen molar-refractivity contribution in [1.29, 1.82) is 0 Å². The van der Waals surface area contributed by atoms with Gasteiger partial charge >= 0.3 is 0 Å². The van der Waals surface area contributed by atoms with E-state index in [4.69, 9.17) is 0 Å². The van der Waals surface area contributed by atoms with Crippen LogP contribution in [0.25, 0.3) is 0 Å². The van der Waals surface area contributed by atoms with Crippen LogP contribution in [-0.4, -0.2) is 60.6 Å². The number of aromatic nitrogens is 3. The van der Waals surface area contributed by atoms with E-state index in [2.05, 4.69) is 30.9 Å². The molecule has 3 N–H and O–H groups in total. The van der Waals surface area contributed by atoms with Gasteiger partial charge in [0.1, 0.15) is 0 Å². The number of nitrogens with zero attached hydrogens (tertiary/aromatic N) is 5. The number of carbonyl (C=O) groups excluding carboxylic acids is 3. The minimum atomic E-state index is -0.366. The molecule has 3 aromatic carbocycles. The normalized spacial score (nSPS) is 13.6. The average Bonchev–Trinajstić information content (AvgIpc) is 3.05. The summed E-state index contributed by atoms with van der Waals surface area (Å²) in [6, 6.07) is 19.7. The lowest BCUT2D eigenvalue weighted by Gasteiger charge is -2.22. The fraction of sp³-hybridized carbons (Fsp3) is 0.176. The summed E-state index contributed by atoms with van der Waals surface area (Å²) in [5.41, 5.74) is 4.93. The molecule has 45 heavy (non-hydrogen) atoms. The molecule has 1 amide bonds. The van der Waals surface area contributed by atoms with Gasteiger partial charge in [0.05, 0.1) is 0 Å². The van der Waals surface area contributed by atoms with Gasteiger partial charge in [0.2, 0.25) is 17.8 Å². The SMILES string of the molecule is CN(C)c1nc(Nc2ccc(Nc3ccc(NC(=O)c4ccc5c(c4)C(=O)C4=CCCC=C4C5=O)cc3)cc2)nc(N(C)C)n1. The Morgan fingerprint density at radius 2 is 1.11 bits per heavy atom. The summed E-state index contributed by atoms with van der Waals surface area (Å²) < 4.78 is 0. The number of ketones is 2. The predicted octanol–water partition coefficient (Wildman–Crippen LogP) is 5.77. The van der Waals surface area contributed by atoms with Crippen LogP contribution in [0.15, 0.2) is 90.0 Å². The molecular formula is C34H32N8O3. The number of hydrogen-bond donors (Lipinski definition) is 3. The topological polar surface area (TPSA) is 132 Å². The predicted molar refractivity (Wildman–Crippen MR) is 176 cm³/mol. The minimum Gasteiger partial charge on any atom is -0.356 e. The highest BCUT2D eigenvalue weighted by Crippen LogP contribution is 2.33. The quantitative estimate of drug-likeness (QED) is 0.229. The first-order valence-corrected chi connectivity index (χ1v) is 14.5. The molecule has 0 saturated heterocycles. The van der Waals surface area contributed by atoms with Gasteiger partial charge in [0.25, 0.3) is 5.91 Å². The van der Waals surface area contributed by atoms with Gasteiger partial charge in [0, 0.05) is 78.8 Å². The van der Waals surface area contributed by atoms with Crippen LogP contribution in [0.5, 0.6) is 0 Å². The molecule has 4 aromatic rings. The molecular weight excluding hydrogens is 568 g/mol. The molecule has 0 saturated carbocycles. The minimum absolute atomic E-state index is 0.170. The first-order chi connectivity index (χ1) is 21.7. The fourth-order valence-corrected chi connectivity index (χ4v) is 5.05. The standard InChI is InChI=1S/C34H32N8O3/c1-41(2)33-38-32(39-34(40-33)42(3)4)37-24-16-12-22(13-17-24)35-21-10-14-23(15-11-21)36-31(45)20-9-18-27-28(19-20)30(44)26-8-6-5-7-25(26)29(27)43/h7-19,35H,5-6H2,1-4H3,(H,36,45)(H,37,38,39,40). The molecule has 2 aliphatic rings. The van der Waals surface area contributed by atoms with Crippen molar-refractivity contribution < 1.29 is 14.4 Å². The van der Waals surface area contributed by atoms with Crippen molar-refractivity contribution in [3.05, 3.63) is 107 Å². The van der Waals surface area contributed by atoms with Crippen LogP contribution >= 0.6 is 0 Å². The smallest absolute Gasteiger partial charge is 0.255 e. The van der Waals surface area contributed by atoms with Gasteiger partial charge in [0.15, 0.2) is 11.6 Å². The van der Waals surface area contributed by atoms with Crippen LogP contribution in [0.2, 0.25) is 0 Å². The number of benzene rings is 3. The Morgan fingerprint density at radius 3 is 1.64 bits per heavy atom. The van der Waals surface area contributed by atoms with E-state index in [-0.39, 0.29) is 23.0 Å². The number of Topliss-reactive ketones (excluding diaryl/α,β-unsaturated/α-hetero) is 2. The van der Waals surface area contributed by atoms with Crippen LogP contribution in [0.4, 0.5) is 40.6 Å². The Hall–Kier alpha value is -5.84. The van der Waals surface area contributed by atoms with Crippen LogP contribution < -0.4 is 25.8 Å². The van der Waals surface area contributed by atoms with Crippen molar-refractivity contribution in [2.45, 2.75) is 12.8 Å². The third-order valence-corrected chi connectivity index (χ3v) is 7.40. The van der Waals surface area contributed by atoms with E-state index in [1.54, 1.807) is 24.3 Å². The molecule has 0 unspecified atom stereocenters. The fourth-order valence-electron chi connectivity index (χ4n) is 5.05. The van der Waals surface area contributed by atoms with Gasteiger partial charge < -0.3 is 25.8 Å². The monoisotopic (exact) mass is 600 g/mol. The zero-order valence-corrected chi connectivity index (χ0v) is 25.4. The van der Waals surface area contributed by atoms with E-state index < -0.39 is 0 Å². The van der Waals surface area contributed by atoms with Crippen molar-refractivity contribution in [3.8, 4) is 0 Å². The molecule has 0 bridgehead atoms. The van der Waals surface area contributed by atoms with Gasteiger partial charge in [-0.05, 0) is 79.6 Å². The van der Waals surface area contributed by atoms with Crippen LogP contribution in [-0.2, 0) is 0 Å². The Bertz CT molecular complexity index is 1850. The summed E-state index contributed by atoms with van der Waals surface area (Å²) in [5.74, 6) is 0.797. The molecule has 1 aromatic heterocycles. The number of nitrogens with one attached hydrogen (secondary N) is 3. The Morgan fingerprint density at radius 1 is 0.622 bits per heavy atom. The van der Waals surface area contributed by atoms with Crippen molar-refractivity contribution in [2.24, 2.45) is 0 Å². The summed E-state index contributed by atoms with van der Waals surface area (Å²) in [6.07, 6.45) is 5.10. The molecule has 11 heteroatoms. The number of hydrogen-bond acceptors (Lipinski definition) is 10. The number of anilines is 7. The summed E-state index contributed by atoms with van der Waals surface area (Å²) in [4.78, 5) is 56.1. The highest BCUT2D eigenvalue weighted by molar-refractivity contribution is 6.31. The zero-order chi connectivity index (χ0) is 31.7. The second-order valence-electron chi connectivity index (χ2n) is 11.1. The van der Waals surface area contributed by atoms with E-state index in [9.17, 15) is 14.4 Å². The highest BCUT2D eigenvalue weighted by atomic mass is 16.2. The summed E-state index contributed by atoms with van der Waals surface area (Å²) >= 11 is 0. The largest absolute Gasteiger partial charge is 0.356 e. The van der Waals surface area contributed by atoms with E-state index in [1.807, 2.05) is 86.5 Å². The maximum Gasteiger partial charge on any atom is 0.255 e. The second kappa shape index (κ2) is 12.0. The van der Waals surface area contributed by atoms with E-state index in [1.165, 1.54) is 6.07 Å². The summed E-state index contributed by atoms with van der Waals surface area (Å²) in [5, 5.41) is 9.45. The Kier molecular flexibility index (Phi) is 7.82. The van der Waals surface area contributed by atoms with Crippen molar-refractivity contribution in [1.82, 2.24) is 15.0 Å². The number of carbonyl (C=O) groups is 3. The molecule has 0 fully saturated rings. The lowest BCUT2D eigenvalue weighted by molar-refractivity contribution is 0.0970. The molecule has 0 spiro atoms. The van der Waals surface area contributed by atoms with Crippen molar-refractivity contribution in [3.63, 3.8) is 0 Å². The average molecular weight is 601 g/mol. The number of rotatable bonds is 8. The van der Waals surface area contributed by atoms with Gasteiger partial charge in [-0.1, -0.05) is 12.2 Å². The van der Waals surface area contributed by atoms with Gasteiger partial charge in [-0.25, -0.2) is 0 Å². The lowest BCUT2D eigenvalue weighted by atomic mass is 9.79. The molecule has 0 aliphatic heterocycles. The summed E-state index contributed by atoms with van der Waals surface area (Å²) in [7, 11) is 7.51. The van der Waals surface area contributed by atoms with E-state index >= 15 is 0 Å². The van der Waals surface area contributed by atoms with Crippen LogP contribution in [0.1, 0.15) is 43.9 Å². The molecule has 6 rings (SSSR count). The Balaban J connectivity index is 1.09. The second-order valence-corrected chi connectivity index (χ2v) is 11.1. The number of allylic oxidation sites excluding steroid dienone is 4. The van der Waals surface area contributed by atoms with Gasteiger partial charge in [-0.3, -0.25) is 14.4 Å². The molecule has 0 radical (unpaired) electrons. The Labute approximate surface area is 260 Å². The zero-order valence-electron chi connectivity index (χ0n) is 25.4. The number of amides is 1. The van der Waals surface area contributed by atoms with E-state index in [0.717, 1.165) is 29.9 Å². The highest BCUT2D eigenvalue weighted by Gasteiger charge is 2.33. The first kappa shape index (κ1) is 29.2. The molecule has 11 nitrogen and oxygen atoms in total. The molecule has 226 valence electrons. The molecule has 0 atom stereocenters. The third kappa shape index (κ3) is 6.14. The maximum absolute atomic E-state index is 13.1. The van der Waals surface area contributed by atoms with Crippen molar-refractivity contribution in [2.75, 3.05) is 53.9 Å².